The van der Waals surface area contributed by atoms with E-state index in [0.29, 0.717) is 25.0 Å². The fraction of sp³-hybridized carbons (Fsp3) is 0.706. The van der Waals surface area contributed by atoms with E-state index >= 15 is 0 Å². The maximum atomic E-state index is 12.8. The molecule has 7 nitrogen and oxygen atoms in total. The van der Waals surface area contributed by atoms with E-state index in [2.05, 4.69) is 28.7 Å². The van der Waals surface area contributed by atoms with Gasteiger partial charge < -0.3 is 9.88 Å². The number of nitrogens with zero attached hydrogens (tertiary/aromatic N) is 2. The molecule has 1 aromatic rings. The molecule has 1 saturated heterocycles. The number of carbonyl (C=O) groups excluding carboxylic acids is 1. The van der Waals surface area contributed by atoms with Gasteiger partial charge in [0.1, 0.15) is 5.56 Å². The molecule has 1 aromatic heterocycles. The molecule has 2 heterocycles. The summed E-state index contributed by atoms with van der Waals surface area (Å²) in [6.07, 6.45) is 4.76. The van der Waals surface area contributed by atoms with E-state index in [1.54, 1.807) is 4.90 Å². The summed E-state index contributed by atoms with van der Waals surface area (Å²) in [5.41, 5.74) is -1.21. The molecule has 2 N–H and O–H groups in total. The molecule has 1 aliphatic carbocycles. The van der Waals surface area contributed by atoms with Crippen molar-refractivity contribution < 1.29 is 4.79 Å². The van der Waals surface area contributed by atoms with Crippen LogP contribution in [0.4, 0.5) is 0 Å². The van der Waals surface area contributed by atoms with Crippen LogP contribution in [0.2, 0.25) is 0 Å². The van der Waals surface area contributed by atoms with Gasteiger partial charge in [0.25, 0.3) is 11.5 Å². The predicted molar refractivity (Wildman–Crippen MR) is 91.1 cm³/mol. The number of aromatic amines is 2. The predicted octanol–water partition coefficient (Wildman–Crippen LogP) is 0.646. The monoisotopic (exact) mass is 334 g/mol. The van der Waals surface area contributed by atoms with E-state index in [0.717, 1.165) is 25.4 Å². The smallest absolute Gasteiger partial charge is 0.325 e. The molecule has 0 bridgehead atoms. The molecule has 0 aromatic carbocycles. The zero-order chi connectivity index (χ0) is 17.3. The highest BCUT2D eigenvalue weighted by Gasteiger charge is 2.33. The Morgan fingerprint density at radius 3 is 2.67 bits per heavy atom. The second kappa shape index (κ2) is 6.93. The van der Waals surface area contributed by atoms with Gasteiger partial charge in [-0.05, 0) is 31.1 Å². The Morgan fingerprint density at radius 1 is 1.29 bits per heavy atom. The molecule has 132 valence electrons. The molecule has 1 aliphatic heterocycles. The van der Waals surface area contributed by atoms with Crippen LogP contribution in [0.15, 0.2) is 15.8 Å². The lowest BCUT2D eigenvalue weighted by atomic mass is 10.0. The topological polar surface area (TPSA) is 89.3 Å². The minimum atomic E-state index is -0.621. The highest BCUT2D eigenvalue weighted by atomic mass is 16.2. The molecule has 1 atom stereocenters. The third-order valence-corrected chi connectivity index (χ3v) is 5.05. The summed E-state index contributed by atoms with van der Waals surface area (Å²) in [6, 6.07) is 0.305. The van der Waals surface area contributed by atoms with E-state index in [1.165, 1.54) is 19.0 Å². The van der Waals surface area contributed by atoms with Gasteiger partial charge >= 0.3 is 5.69 Å². The Labute approximate surface area is 141 Å². The second-order valence-electron chi connectivity index (χ2n) is 7.34. The van der Waals surface area contributed by atoms with E-state index in [1.807, 2.05) is 0 Å². The van der Waals surface area contributed by atoms with Crippen LogP contribution in [0.5, 0.6) is 0 Å². The third-order valence-electron chi connectivity index (χ3n) is 5.05. The molecular formula is C17H26N4O3. The molecule has 24 heavy (non-hydrogen) atoms. The number of hydrogen-bond acceptors (Lipinski definition) is 4. The van der Waals surface area contributed by atoms with Crippen LogP contribution in [0.3, 0.4) is 0 Å². The summed E-state index contributed by atoms with van der Waals surface area (Å²) in [5, 5.41) is 0. The second-order valence-corrected chi connectivity index (χ2v) is 7.34. The van der Waals surface area contributed by atoms with Crippen molar-refractivity contribution in [1.29, 1.82) is 0 Å². The molecule has 2 aliphatic rings. The van der Waals surface area contributed by atoms with Gasteiger partial charge in [-0.25, -0.2) is 4.79 Å². The molecule has 7 heteroatoms. The number of nitrogens with one attached hydrogen (secondary N) is 2. The summed E-state index contributed by atoms with van der Waals surface area (Å²) < 4.78 is 0. The molecule has 1 unspecified atom stereocenters. The van der Waals surface area contributed by atoms with Gasteiger partial charge in [-0.15, -0.1) is 0 Å². The molecule has 0 radical (unpaired) electrons. The average Bonchev–Trinajstić information content (AvgIpc) is 3.34. The summed E-state index contributed by atoms with van der Waals surface area (Å²) in [7, 11) is 0. The Kier molecular flexibility index (Phi) is 4.89. The fourth-order valence-electron chi connectivity index (χ4n) is 3.48. The molecule has 3 rings (SSSR count). The lowest BCUT2D eigenvalue weighted by Gasteiger charge is -2.34. The number of rotatable bonds is 4. The van der Waals surface area contributed by atoms with Crippen LogP contribution in [0, 0.1) is 11.8 Å². The van der Waals surface area contributed by atoms with Crippen LogP contribution in [0.1, 0.15) is 43.5 Å². The van der Waals surface area contributed by atoms with Gasteiger partial charge in [0, 0.05) is 38.4 Å². The van der Waals surface area contributed by atoms with Gasteiger partial charge in [0.2, 0.25) is 0 Å². The van der Waals surface area contributed by atoms with Crippen LogP contribution in [-0.2, 0) is 0 Å². The number of hydrogen-bond donors (Lipinski definition) is 2. The molecule has 1 saturated carbocycles. The zero-order valence-electron chi connectivity index (χ0n) is 14.4. The maximum absolute atomic E-state index is 12.8. The van der Waals surface area contributed by atoms with E-state index in [-0.39, 0.29) is 11.5 Å². The zero-order valence-corrected chi connectivity index (χ0v) is 14.4. The van der Waals surface area contributed by atoms with E-state index in [9.17, 15) is 14.4 Å². The van der Waals surface area contributed by atoms with Crippen molar-refractivity contribution in [1.82, 2.24) is 19.8 Å². The fourth-order valence-corrected chi connectivity index (χ4v) is 3.48. The number of amides is 1. The normalized spacial score (nSPS) is 22.6. The molecule has 2 fully saturated rings. The van der Waals surface area contributed by atoms with Crippen molar-refractivity contribution >= 4 is 5.91 Å². The Bertz CT molecular complexity index is 704. The summed E-state index contributed by atoms with van der Waals surface area (Å²) in [4.78, 5) is 44.6. The first-order valence-corrected chi connectivity index (χ1v) is 8.81. The number of aromatic nitrogens is 2. The van der Waals surface area contributed by atoms with E-state index in [4.69, 9.17) is 0 Å². The minimum Gasteiger partial charge on any atom is -0.337 e. The quantitative estimate of drug-likeness (QED) is 0.846. The van der Waals surface area contributed by atoms with Crippen molar-refractivity contribution in [3.05, 3.63) is 32.6 Å². The summed E-state index contributed by atoms with van der Waals surface area (Å²) in [6.45, 7) is 7.75. The van der Waals surface area contributed by atoms with Crippen molar-refractivity contribution in [2.45, 2.75) is 39.2 Å². The van der Waals surface area contributed by atoms with Gasteiger partial charge in [-0.1, -0.05) is 13.8 Å². The Hall–Kier alpha value is -1.89. The summed E-state index contributed by atoms with van der Waals surface area (Å²) >= 11 is 0. The maximum Gasteiger partial charge on any atom is 0.325 e. The highest BCUT2D eigenvalue weighted by Crippen LogP contribution is 2.31. The van der Waals surface area contributed by atoms with Crippen molar-refractivity contribution in [2.24, 2.45) is 11.8 Å². The van der Waals surface area contributed by atoms with Gasteiger partial charge in [-0.3, -0.25) is 19.5 Å². The lowest BCUT2D eigenvalue weighted by Crippen LogP contribution is -2.47. The number of H-pyrrole nitrogens is 2. The first kappa shape index (κ1) is 17.0. The largest absolute Gasteiger partial charge is 0.337 e. The Balaban J connectivity index is 1.78. The SMILES string of the molecule is CC(C)C1CN(C(=O)c2c[nH]c(=O)[nH]c2=O)CCCN1CC1CC1. The van der Waals surface area contributed by atoms with E-state index < -0.39 is 11.2 Å². The van der Waals surface area contributed by atoms with Gasteiger partial charge in [-0.2, -0.15) is 0 Å². The lowest BCUT2D eigenvalue weighted by molar-refractivity contribution is 0.0702. The summed E-state index contributed by atoms with van der Waals surface area (Å²) in [5.74, 6) is 0.952. The number of carbonyl (C=O) groups is 1. The molecule has 1 amide bonds. The Morgan fingerprint density at radius 2 is 2.04 bits per heavy atom. The highest BCUT2D eigenvalue weighted by molar-refractivity contribution is 5.93. The molecule has 0 spiro atoms. The minimum absolute atomic E-state index is 0.00718. The standard InChI is InChI=1S/C17H26N4O3/c1-11(2)14-10-21(7-3-6-20(14)9-12-4-5-12)16(23)13-8-18-17(24)19-15(13)22/h8,11-12,14H,3-7,9-10H2,1-2H3,(H2,18,19,22,24). The van der Waals surface area contributed by atoms with Gasteiger partial charge in [0.15, 0.2) is 0 Å². The van der Waals surface area contributed by atoms with Crippen LogP contribution < -0.4 is 11.2 Å². The van der Waals surface area contributed by atoms with Crippen molar-refractivity contribution in [2.75, 3.05) is 26.2 Å². The first-order chi connectivity index (χ1) is 11.5. The van der Waals surface area contributed by atoms with Crippen molar-refractivity contribution in [3.63, 3.8) is 0 Å². The van der Waals surface area contributed by atoms with Crippen LogP contribution in [-0.4, -0.2) is 57.9 Å². The molecular weight excluding hydrogens is 308 g/mol. The first-order valence-electron chi connectivity index (χ1n) is 8.81. The average molecular weight is 334 g/mol. The van der Waals surface area contributed by atoms with Gasteiger partial charge in [0.05, 0.1) is 0 Å². The van der Waals surface area contributed by atoms with Crippen LogP contribution >= 0.6 is 0 Å². The third kappa shape index (κ3) is 3.77. The van der Waals surface area contributed by atoms with Crippen molar-refractivity contribution in [3.8, 4) is 0 Å². The van der Waals surface area contributed by atoms with Crippen LogP contribution in [0.25, 0.3) is 0 Å².